The van der Waals surface area contributed by atoms with Crippen molar-refractivity contribution >= 4 is 34.0 Å². The lowest BCUT2D eigenvalue weighted by atomic mass is 9.71. The van der Waals surface area contributed by atoms with Crippen LogP contribution in [0.15, 0.2) is 94.1 Å². The monoisotopic (exact) mass is 925 g/mol. The highest BCUT2D eigenvalue weighted by Gasteiger charge is 2.38. The van der Waals surface area contributed by atoms with Crippen molar-refractivity contribution in [3.63, 3.8) is 0 Å². The third-order valence-electron chi connectivity index (χ3n) is 13.1. The summed E-state index contributed by atoms with van der Waals surface area (Å²) in [7, 11) is 0. The molecule has 3 aromatic rings. The van der Waals surface area contributed by atoms with Crippen molar-refractivity contribution in [2.45, 2.75) is 188 Å². The number of carbonyl (C=O) groups is 2. The van der Waals surface area contributed by atoms with Crippen LogP contribution in [-0.4, -0.2) is 21.8 Å². The van der Waals surface area contributed by atoms with Crippen LogP contribution >= 0.6 is 11.3 Å². The minimum Gasteiger partial charge on any atom is -0.507 e. The molecule has 5 heteroatoms. The first-order chi connectivity index (χ1) is 30.0. The molecule has 4 nitrogen and oxygen atoms in total. The number of rotatable bonds is 4. The third kappa shape index (κ3) is 11.0. The van der Waals surface area contributed by atoms with Gasteiger partial charge in [-0.3, -0.25) is 9.59 Å². The van der Waals surface area contributed by atoms with Crippen LogP contribution in [0, 0.1) is 21.7 Å². The zero-order valence-electron chi connectivity index (χ0n) is 45.9. The molecule has 0 saturated heterocycles. The van der Waals surface area contributed by atoms with Gasteiger partial charge in [-0.25, -0.2) is 0 Å². The molecule has 0 unspecified atom stereocenters. The van der Waals surface area contributed by atoms with Crippen LogP contribution in [0.3, 0.4) is 0 Å². The second-order valence-corrected chi connectivity index (χ2v) is 28.6. The fourth-order valence-electron chi connectivity index (χ4n) is 9.13. The summed E-state index contributed by atoms with van der Waals surface area (Å²) in [4.78, 5) is 31.0. The largest absolute Gasteiger partial charge is 0.507 e. The second kappa shape index (κ2) is 17.2. The van der Waals surface area contributed by atoms with Gasteiger partial charge in [0.2, 0.25) is 0 Å². The number of allylic oxidation sites excluding steroid dienone is 10. The third-order valence-corrected chi connectivity index (χ3v) is 14.2. The lowest BCUT2D eigenvalue weighted by molar-refractivity contribution is -0.114. The average molecular weight is 925 g/mol. The molecule has 0 bridgehead atoms. The van der Waals surface area contributed by atoms with E-state index in [1.165, 1.54) is 0 Å². The molecule has 67 heavy (non-hydrogen) atoms. The quantitative estimate of drug-likeness (QED) is 0.273. The summed E-state index contributed by atoms with van der Waals surface area (Å²) < 4.78 is 0. The fourth-order valence-corrected chi connectivity index (χ4v) is 10.3. The van der Waals surface area contributed by atoms with Crippen LogP contribution in [0.2, 0.25) is 0 Å². The molecule has 2 N–H and O–H groups in total. The number of carbonyl (C=O) groups excluding carboxylic acids is 2. The van der Waals surface area contributed by atoms with Gasteiger partial charge >= 0.3 is 0 Å². The van der Waals surface area contributed by atoms with E-state index in [2.05, 4.69) is 227 Å². The standard InChI is InChI=1S/C62H84O4S/c1-55(2,3)39-27-35(28-40(51(39)63)56(4,5)6)49(36-29-41(57(7,8)9)52(64)42(30-36)58(10,11)12)47-25-26-48(67-47)50(37-31-43(59(13,14)15)53(65)44(32-37)60(16,17)18)38-33-45(61(19,20)21)54(66)46(34-38)62(22,23)24/h25-34,63,65H,1-24H3. The molecule has 2 aliphatic carbocycles. The van der Waals surface area contributed by atoms with E-state index in [9.17, 15) is 19.8 Å². The summed E-state index contributed by atoms with van der Waals surface area (Å²) in [6, 6.07) is 13.1. The highest BCUT2D eigenvalue weighted by Crippen LogP contribution is 2.50. The van der Waals surface area contributed by atoms with Gasteiger partial charge < -0.3 is 10.2 Å². The van der Waals surface area contributed by atoms with Crippen molar-refractivity contribution in [3.8, 4) is 11.5 Å². The zero-order valence-corrected chi connectivity index (χ0v) is 46.7. The SMILES string of the molecule is CC(C)(C)C1=CC(=C(c2cc(C(C)(C)C)c(O)c(C(C)(C)C)c2)c2ccc(C(=C3C=C(C(C)(C)C)C(=O)C(C(C)(C)C)=C3)c3cc(C(C)(C)C)c(O)c(C(C)(C)C)c3)s2)C=C(C(C)(C)C)C1=O. The highest BCUT2D eigenvalue weighted by molar-refractivity contribution is 7.14. The van der Waals surface area contributed by atoms with Crippen molar-refractivity contribution < 1.29 is 19.8 Å². The number of benzene rings is 2. The molecule has 5 rings (SSSR count). The zero-order chi connectivity index (χ0) is 51.3. The van der Waals surface area contributed by atoms with Crippen molar-refractivity contribution in [1.82, 2.24) is 0 Å². The Morgan fingerprint density at radius 2 is 0.567 bits per heavy atom. The summed E-state index contributed by atoms with van der Waals surface area (Å²) in [6.45, 7) is 51.1. The first-order valence-electron chi connectivity index (χ1n) is 24.3. The number of hydrogen-bond acceptors (Lipinski definition) is 5. The molecular weight excluding hydrogens is 841 g/mol. The van der Waals surface area contributed by atoms with Gasteiger partial charge in [-0.15, -0.1) is 11.3 Å². The van der Waals surface area contributed by atoms with Gasteiger partial charge in [0.15, 0.2) is 11.6 Å². The number of aromatic hydroxyl groups is 2. The number of hydrogen-bond donors (Lipinski definition) is 2. The number of phenolic OH excluding ortho intramolecular Hbond substituents is 2. The Morgan fingerprint density at radius 1 is 0.358 bits per heavy atom. The molecule has 0 spiro atoms. The smallest absolute Gasteiger partial charge is 0.186 e. The van der Waals surface area contributed by atoms with Crippen molar-refractivity contribution in [1.29, 1.82) is 0 Å². The van der Waals surface area contributed by atoms with E-state index in [1.807, 2.05) is 0 Å². The van der Waals surface area contributed by atoms with Crippen LogP contribution in [0.4, 0.5) is 0 Å². The molecule has 2 aromatic carbocycles. The predicted molar refractivity (Wildman–Crippen MR) is 288 cm³/mol. The highest BCUT2D eigenvalue weighted by atomic mass is 32.1. The normalized spacial score (nSPS) is 16.2. The summed E-state index contributed by atoms with van der Waals surface area (Å²) >= 11 is 1.70. The average Bonchev–Trinajstić information content (AvgIpc) is 3.58. The second-order valence-electron chi connectivity index (χ2n) is 27.6. The lowest BCUT2D eigenvalue weighted by Crippen LogP contribution is -2.28. The molecule has 0 radical (unpaired) electrons. The van der Waals surface area contributed by atoms with Crippen LogP contribution in [0.1, 0.15) is 209 Å². The fraction of sp³-hybridized carbons (Fsp3) is 0.516. The van der Waals surface area contributed by atoms with E-state index in [1.54, 1.807) is 11.3 Å². The molecule has 0 atom stereocenters. The van der Waals surface area contributed by atoms with Crippen LogP contribution in [0.5, 0.6) is 11.5 Å². The van der Waals surface area contributed by atoms with Gasteiger partial charge in [0.25, 0.3) is 0 Å². The Morgan fingerprint density at radius 3 is 0.746 bits per heavy atom. The summed E-state index contributed by atoms with van der Waals surface area (Å²) in [5, 5.41) is 24.1. The lowest BCUT2D eigenvalue weighted by Gasteiger charge is -2.32. The Balaban J connectivity index is 2.10. The first kappa shape index (κ1) is 53.5. The van der Waals surface area contributed by atoms with Gasteiger partial charge in [-0.05, 0) is 126 Å². The summed E-state index contributed by atoms with van der Waals surface area (Å²) in [5.74, 6) is 0.776. The molecule has 362 valence electrons. The van der Waals surface area contributed by atoms with Crippen molar-refractivity contribution in [3.05, 3.63) is 137 Å². The minimum atomic E-state index is -0.431. The Hall–Kier alpha value is -4.48. The summed E-state index contributed by atoms with van der Waals surface area (Å²) in [5.41, 5.74) is 9.06. The van der Waals surface area contributed by atoms with Crippen molar-refractivity contribution in [2.75, 3.05) is 0 Å². The number of phenols is 2. The molecular formula is C62H84O4S. The Bertz CT molecular complexity index is 2380. The van der Waals surface area contributed by atoms with E-state index >= 15 is 0 Å². The topological polar surface area (TPSA) is 74.6 Å². The summed E-state index contributed by atoms with van der Waals surface area (Å²) in [6.07, 6.45) is 8.45. The molecule has 0 saturated carbocycles. The van der Waals surface area contributed by atoms with Gasteiger partial charge in [-0.1, -0.05) is 166 Å². The maximum Gasteiger partial charge on any atom is 0.186 e. The number of ketones is 2. The van der Waals surface area contributed by atoms with Gasteiger partial charge in [-0.2, -0.15) is 0 Å². The van der Waals surface area contributed by atoms with Crippen LogP contribution < -0.4 is 0 Å². The Labute approximate surface area is 410 Å². The molecule has 0 fully saturated rings. The van der Waals surface area contributed by atoms with Gasteiger partial charge in [0.05, 0.1) is 0 Å². The van der Waals surface area contributed by atoms with E-state index in [-0.39, 0.29) is 33.2 Å². The molecule has 2 aliphatic rings. The number of Topliss-reactive ketones (excluding diaryl/α,β-unsaturated/α-hetero) is 2. The number of thiophene rings is 1. The molecule has 1 aromatic heterocycles. The van der Waals surface area contributed by atoms with E-state index in [0.717, 1.165) is 87.7 Å². The van der Waals surface area contributed by atoms with Crippen molar-refractivity contribution in [2.24, 2.45) is 21.7 Å². The van der Waals surface area contributed by atoms with Crippen LogP contribution in [0.25, 0.3) is 11.1 Å². The van der Waals surface area contributed by atoms with Gasteiger partial charge in [0.1, 0.15) is 11.5 Å². The minimum absolute atomic E-state index is 0.0739. The van der Waals surface area contributed by atoms with E-state index in [0.29, 0.717) is 11.5 Å². The maximum absolute atomic E-state index is 14.5. The maximum atomic E-state index is 14.5. The predicted octanol–water partition coefficient (Wildman–Crippen LogP) is 17.0. The van der Waals surface area contributed by atoms with E-state index < -0.39 is 21.7 Å². The van der Waals surface area contributed by atoms with Gasteiger partial charge in [0, 0.05) is 65.4 Å². The Kier molecular flexibility index (Phi) is 13.7. The first-order valence-corrected chi connectivity index (χ1v) is 25.1. The van der Waals surface area contributed by atoms with Crippen LogP contribution in [-0.2, 0) is 31.2 Å². The molecule has 1 heterocycles. The van der Waals surface area contributed by atoms with E-state index in [4.69, 9.17) is 0 Å². The molecule has 0 aliphatic heterocycles. The molecule has 0 amide bonds.